The van der Waals surface area contributed by atoms with Crippen molar-refractivity contribution in [1.29, 1.82) is 0 Å². The van der Waals surface area contributed by atoms with E-state index in [9.17, 15) is 13.2 Å². The highest BCUT2D eigenvalue weighted by Gasteiger charge is 2.18. The number of hydrogen-bond acceptors (Lipinski definition) is 3. The summed E-state index contributed by atoms with van der Waals surface area (Å²) in [5.41, 5.74) is 3.81. The molecule has 0 aliphatic rings. The van der Waals surface area contributed by atoms with Crippen LogP contribution in [-0.2, 0) is 10.0 Å². The van der Waals surface area contributed by atoms with Gasteiger partial charge in [0.25, 0.3) is 15.9 Å². The molecule has 0 bridgehead atoms. The molecule has 0 aromatic heterocycles. The summed E-state index contributed by atoms with van der Waals surface area (Å²) in [4.78, 5) is 12.8. The van der Waals surface area contributed by atoms with Crippen LogP contribution in [0.5, 0.6) is 0 Å². The fourth-order valence-corrected chi connectivity index (χ4v) is 4.51. The Morgan fingerprint density at radius 3 is 2.33 bits per heavy atom. The molecule has 0 heterocycles. The molecule has 156 valence electrons. The standard InChI is InChI=1S/C23H23ClN2O3S/c1-15-9-10-16(2)20(13-15)17(3)25-23(27)18-11-12-22(21(24)14-18)26-30(28,29)19-7-5-4-6-8-19/h4-14,17,26H,1-3H3,(H,25,27). The number of benzene rings is 3. The van der Waals surface area contributed by atoms with Crippen LogP contribution in [0.15, 0.2) is 71.6 Å². The maximum atomic E-state index is 12.7. The van der Waals surface area contributed by atoms with E-state index >= 15 is 0 Å². The van der Waals surface area contributed by atoms with E-state index in [-0.39, 0.29) is 27.6 Å². The zero-order chi connectivity index (χ0) is 21.9. The molecule has 30 heavy (non-hydrogen) atoms. The third kappa shape index (κ3) is 5.01. The minimum atomic E-state index is -3.77. The van der Waals surface area contributed by atoms with Crippen molar-refractivity contribution in [3.8, 4) is 0 Å². The van der Waals surface area contributed by atoms with Crippen LogP contribution in [-0.4, -0.2) is 14.3 Å². The Labute approximate surface area is 182 Å². The van der Waals surface area contributed by atoms with Crippen LogP contribution in [0, 0.1) is 13.8 Å². The van der Waals surface area contributed by atoms with Crippen molar-refractivity contribution >= 4 is 33.2 Å². The van der Waals surface area contributed by atoms with Gasteiger partial charge in [0.1, 0.15) is 0 Å². The zero-order valence-corrected chi connectivity index (χ0v) is 18.5. The van der Waals surface area contributed by atoms with Crippen molar-refractivity contribution in [1.82, 2.24) is 5.32 Å². The molecule has 0 aliphatic heterocycles. The predicted octanol–water partition coefficient (Wildman–Crippen LogP) is 5.25. The van der Waals surface area contributed by atoms with Gasteiger partial charge in [0.15, 0.2) is 0 Å². The summed E-state index contributed by atoms with van der Waals surface area (Å²) in [6.45, 7) is 5.93. The van der Waals surface area contributed by atoms with Crippen LogP contribution >= 0.6 is 11.6 Å². The number of carbonyl (C=O) groups is 1. The van der Waals surface area contributed by atoms with E-state index < -0.39 is 10.0 Å². The maximum Gasteiger partial charge on any atom is 0.261 e. The van der Waals surface area contributed by atoms with E-state index in [1.54, 1.807) is 24.3 Å². The van der Waals surface area contributed by atoms with E-state index in [0.29, 0.717) is 5.56 Å². The monoisotopic (exact) mass is 442 g/mol. The predicted molar refractivity (Wildman–Crippen MR) is 120 cm³/mol. The number of nitrogens with one attached hydrogen (secondary N) is 2. The Bertz CT molecular complexity index is 1180. The smallest absolute Gasteiger partial charge is 0.261 e. The SMILES string of the molecule is Cc1ccc(C)c(C(C)NC(=O)c2ccc(NS(=O)(=O)c3ccccc3)c(Cl)c2)c1. The topological polar surface area (TPSA) is 75.3 Å². The molecule has 0 saturated heterocycles. The lowest BCUT2D eigenvalue weighted by Gasteiger charge is -2.18. The Morgan fingerprint density at radius 2 is 1.67 bits per heavy atom. The van der Waals surface area contributed by atoms with Gasteiger partial charge in [-0.3, -0.25) is 9.52 Å². The van der Waals surface area contributed by atoms with Crippen molar-refractivity contribution < 1.29 is 13.2 Å². The highest BCUT2D eigenvalue weighted by Crippen LogP contribution is 2.26. The Hall–Kier alpha value is -2.83. The van der Waals surface area contributed by atoms with Crippen LogP contribution < -0.4 is 10.0 Å². The van der Waals surface area contributed by atoms with Crippen LogP contribution in [0.1, 0.15) is 40.0 Å². The van der Waals surface area contributed by atoms with Crippen LogP contribution in [0.4, 0.5) is 5.69 Å². The largest absolute Gasteiger partial charge is 0.346 e. The summed E-state index contributed by atoms with van der Waals surface area (Å²) in [6, 6.07) is 18.4. The number of halogens is 1. The van der Waals surface area contributed by atoms with Gasteiger partial charge < -0.3 is 5.32 Å². The quantitative estimate of drug-likeness (QED) is 0.547. The van der Waals surface area contributed by atoms with Gasteiger partial charge in [-0.25, -0.2) is 8.42 Å². The molecule has 2 N–H and O–H groups in total. The Kier molecular flexibility index (Phi) is 6.48. The summed E-state index contributed by atoms with van der Waals surface area (Å²) in [5, 5.41) is 3.11. The third-order valence-electron chi connectivity index (χ3n) is 4.78. The normalized spacial score (nSPS) is 12.3. The molecule has 0 saturated carbocycles. The van der Waals surface area contributed by atoms with Gasteiger partial charge in [-0.1, -0.05) is 53.6 Å². The second-order valence-corrected chi connectivity index (χ2v) is 9.26. The summed E-state index contributed by atoms with van der Waals surface area (Å²) >= 11 is 6.26. The van der Waals surface area contributed by atoms with Gasteiger partial charge in [-0.15, -0.1) is 0 Å². The van der Waals surface area contributed by atoms with Crippen LogP contribution in [0.3, 0.4) is 0 Å². The average molecular weight is 443 g/mol. The fraction of sp³-hybridized carbons (Fsp3) is 0.174. The Morgan fingerprint density at radius 1 is 0.967 bits per heavy atom. The first-order valence-corrected chi connectivity index (χ1v) is 11.3. The van der Waals surface area contributed by atoms with Gasteiger partial charge in [0.2, 0.25) is 0 Å². The van der Waals surface area contributed by atoms with Gasteiger partial charge in [-0.2, -0.15) is 0 Å². The number of hydrogen-bond donors (Lipinski definition) is 2. The first-order chi connectivity index (χ1) is 14.2. The zero-order valence-electron chi connectivity index (χ0n) is 16.9. The molecule has 3 aromatic rings. The summed E-state index contributed by atoms with van der Waals surface area (Å²) in [6.07, 6.45) is 0. The second kappa shape index (κ2) is 8.90. The molecule has 3 aromatic carbocycles. The van der Waals surface area contributed by atoms with E-state index in [2.05, 4.69) is 16.1 Å². The highest BCUT2D eigenvalue weighted by molar-refractivity contribution is 7.92. The Balaban J connectivity index is 1.76. The van der Waals surface area contributed by atoms with Crippen molar-refractivity contribution in [3.63, 3.8) is 0 Å². The molecular formula is C23H23ClN2O3S. The van der Waals surface area contributed by atoms with E-state index in [4.69, 9.17) is 11.6 Å². The molecule has 7 heteroatoms. The van der Waals surface area contributed by atoms with Gasteiger partial charge in [-0.05, 0) is 62.2 Å². The van der Waals surface area contributed by atoms with E-state index in [1.165, 1.54) is 24.3 Å². The van der Waals surface area contributed by atoms with Gasteiger partial charge >= 0.3 is 0 Å². The highest BCUT2D eigenvalue weighted by atomic mass is 35.5. The number of amides is 1. The molecule has 0 fully saturated rings. The van der Waals surface area contributed by atoms with Crippen molar-refractivity contribution in [2.24, 2.45) is 0 Å². The molecule has 0 aliphatic carbocycles. The average Bonchev–Trinajstić information content (AvgIpc) is 2.71. The van der Waals surface area contributed by atoms with E-state index in [0.717, 1.165) is 16.7 Å². The molecular weight excluding hydrogens is 420 g/mol. The fourth-order valence-electron chi connectivity index (χ4n) is 3.13. The molecule has 1 unspecified atom stereocenters. The van der Waals surface area contributed by atoms with E-state index in [1.807, 2.05) is 32.9 Å². The first kappa shape index (κ1) is 21.9. The first-order valence-electron chi connectivity index (χ1n) is 9.43. The lowest BCUT2D eigenvalue weighted by atomic mass is 9.99. The molecule has 0 spiro atoms. The minimum Gasteiger partial charge on any atom is -0.346 e. The van der Waals surface area contributed by atoms with Crippen LogP contribution in [0.25, 0.3) is 0 Å². The number of aryl methyl sites for hydroxylation is 2. The molecule has 1 amide bonds. The molecule has 1 atom stereocenters. The van der Waals surface area contributed by atoms with Gasteiger partial charge in [0, 0.05) is 5.56 Å². The number of sulfonamides is 1. The lowest BCUT2D eigenvalue weighted by Crippen LogP contribution is -2.27. The maximum absolute atomic E-state index is 12.7. The third-order valence-corrected chi connectivity index (χ3v) is 6.47. The second-order valence-electron chi connectivity index (χ2n) is 7.17. The number of carbonyl (C=O) groups excluding carboxylic acids is 1. The number of rotatable bonds is 6. The van der Waals surface area contributed by atoms with Gasteiger partial charge in [0.05, 0.1) is 21.6 Å². The number of anilines is 1. The van der Waals surface area contributed by atoms with Crippen LogP contribution in [0.2, 0.25) is 5.02 Å². The molecule has 5 nitrogen and oxygen atoms in total. The van der Waals surface area contributed by atoms with Crippen molar-refractivity contribution in [3.05, 3.63) is 94.0 Å². The molecule has 0 radical (unpaired) electrons. The summed E-state index contributed by atoms with van der Waals surface area (Å²) in [7, 11) is -3.77. The molecule has 3 rings (SSSR count). The summed E-state index contributed by atoms with van der Waals surface area (Å²) in [5.74, 6) is -0.289. The minimum absolute atomic E-state index is 0.130. The van der Waals surface area contributed by atoms with Crippen molar-refractivity contribution in [2.75, 3.05) is 4.72 Å². The lowest BCUT2D eigenvalue weighted by molar-refractivity contribution is 0.0940. The summed E-state index contributed by atoms with van der Waals surface area (Å²) < 4.78 is 27.4. The van der Waals surface area contributed by atoms with Crippen molar-refractivity contribution in [2.45, 2.75) is 31.7 Å².